The largest absolute Gasteiger partial charge is 0.369 e. The molecule has 166 valence electrons. The molecule has 4 aromatic rings. The number of nitrogens with zero attached hydrogens (tertiary/aromatic N) is 5. The third kappa shape index (κ3) is 3.88. The first-order chi connectivity index (χ1) is 15.5. The van der Waals surface area contributed by atoms with E-state index < -0.39 is 0 Å². The van der Waals surface area contributed by atoms with Gasteiger partial charge in [-0.15, -0.1) is 0 Å². The van der Waals surface area contributed by atoms with E-state index in [0.717, 1.165) is 54.9 Å². The standard InChI is InChI=1S/C25H30N6O/c1-4-19-13-22-23(28-25(19)32)11-18(14-26-22)16-29-7-9-30(10-8-29)21-5-6-24-20(12-21)15-27-31(24)17(2)3/h5-6,11-15,17H,4,7-10,16H2,1-3H3,(H,28,32). The number of anilines is 1. The van der Waals surface area contributed by atoms with Crippen LogP contribution in [0.4, 0.5) is 5.69 Å². The van der Waals surface area contributed by atoms with Crippen molar-refractivity contribution in [3.05, 3.63) is 64.2 Å². The molecule has 0 bridgehead atoms. The van der Waals surface area contributed by atoms with E-state index in [4.69, 9.17) is 0 Å². The molecular weight excluding hydrogens is 400 g/mol. The first-order valence-corrected chi connectivity index (χ1v) is 11.5. The lowest BCUT2D eigenvalue weighted by Crippen LogP contribution is -2.45. The SMILES string of the molecule is CCc1cc2ncc(CN3CCN(c4ccc5c(cnn5C(C)C)c4)CC3)cc2[nH]c1=O. The molecule has 3 aromatic heterocycles. The summed E-state index contributed by atoms with van der Waals surface area (Å²) in [4.78, 5) is 24.6. The maximum atomic E-state index is 12.1. The second-order valence-electron chi connectivity index (χ2n) is 8.94. The van der Waals surface area contributed by atoms with Gasteiger partial charge in [-0.2, -0.15) is 5.10 Å². The fourth-order valence-corrected chi connectivity index (χ4v) is 4.59. The van der Waals surface area contributed by atoms with Crippen molar-refractivity contribution in [3.8, 4) is 0 Å². The molecule has 1 N–H and O–H groups in total. The van der Waals surface area contributed by atoms with E-state index in [1.807, 2.05) is 25.4 Å². The van der Waals surface area contributed by atoms with Gasteiger partial charge in [0, 0.05) is 61.6 Å². The summed E-state index contributed by atoms with van der Waals surface area (Å²) in [6.45, 7) is 11.1. The van der Waals surface area contributed by atoms with Crippen LogP contribution in [0, 0.1) is 0 Å². The average Bonchev–Trinajstić information content (AvgIpc) is 3.23. The lowest BCUT2D eigenvalue weighted by atomic mass is 10.1. The van der Waals surface area contributed by atoms with E-state index in [-0.39, 0.29) is 5.56 Å². The maximum Gasteiger partial charge on any atom is 0.251 e. The molecule has 0 radical (unpaired) electrons. The first-order valence-electron chi connectivity index (χ1n) is 11.5. The Morgan fingerprint density at radius 3 is 2.62 bits per heavy atom. The van der Waals surface area contributed by atoms with E-state index in [2.05, 4.69) is 67.7 Å². The van der Waals surface area contributed by atoms with Crippen LogP contribution in [0.5, 0.6) is 0 Å². The molecule has 7 nitrogen and oxygen atoms in total. The number of fused-ring (bicyclic) bond motifs is 2. The normalized spacial score (nSPS) is 15.3. The van der Waals surface area contributed by atoms with E-state index in [1.54, 1.807) is 0 Å². The highest BCUT2D eigenvalue weighted by Gasteiger charge is 2.18. The van der Waals surface area contributed by atoms with Gasteiger partial charge in [-0.3, -0.25) is 19.4 Å². The van der Waals surface area contributed by atoms with Crippen molar-refractivity contribution < 1.29 is 0 Å². The summed E-state index contributed by atoms with van der Waals surface area (Å²) < 4.78 is 2.07. The molecular formula is C25H30N6O. The number of piperazine rings is 1. The van der Waals surface area contributed by atoms with Crippen molar-refractivity contribution in [2.75, 3.05) is 31.1 Å². The van der Waals surface area contributed by atoms with E-state index in [9.17, 15) is 4.79 Å². The molecule has 5 rings (SSSR count). The fourth-order valence-electron chi connectivity index (χ4n) is 4.59. The van der Waals surface area contributed by atoms with Gasteiger partial charge in [-0.05, 0) is 56.2 Å². The zero-order chi connectivity index (χ0) is 22.2. The van der Waals surface area contributed by atoms with Crippen molar-refractivity contribution in [1.29, 1.82) is 0 Å². The average molecular weight is 431 g/mol. The Morgan fingerprint density at radius 1 is 1.06 bits per heavy atom. The van der Waals surface area contributed by atoms with Crippen LogP contribution in [0.1, 0.15) is 37.9 Å². The monoisotopic (exact) mass is 430 g/mol. The molecule has 1 fully saturated rings. The molecule has 32 heavy (non-hydrogen) atoms. The summed E-state index contributed by atoms with van der Waals surface area (Å²) in [6, 6.07) is 11.0. The van der Waals surface area contributed by atoms with E-state index >= 15 is 0 Å². The Kier molecular flexibility index (Phi) is 5.43. The number of hydrogen-bond donors (Lipinski definition) is 1. The summed E-state index contributed by atoms with van der Waals surface area (Å²) >= 11 is 0. The van der Waals surface area contributed by atoms with Crippen molar-refractivity contribution in [1.82, 2.24) is 24.6 Å². The Morgan fingerprint density at radius 2 is 1.88 bits per heavy atom. The molecule has 7 heteroatoms. The highest BCUT2D eigenvalue weighted by atomic mass is 16.1. The number of H-pyrrole nitrogens is 1. The number of benzene rings is 1. The van der Waals surface area contributed by atoms with Gasteiger partial charge < -0.3 is 9.88 Å². The zero-order valence-corrected chi connectivity index (χ0v) is 19.0. The number of aromatic nitrogens is 4. The lowest BCUT2D eigenvalue weighted by Gasteiger charge is -2.36. The Labute approximate surface area is 187 Å². The van der Waals surface area contributed by atoms with Crippen molar-refractivity contribution >= 4 is 27.6 Å². The Hall–Kier alpha value is -3.19. The van der Waals surface area contributed by atoms with Crippen LogP contribution in [0.2, 0.25) is 0 Å². The third-order valence-corrected chi connectivity index (χ3v) is 6.42. The van der Waals surface area contributed by atoms with Gasteiger partial charge in [0.25, 0.3) is 5.56 Å². The number of nitrogens with one attached hydrogen (secondary N) is 1. The van der Waals surface area contributed by atoms with E-state index in [1.165, 1.54) is 16.6 Å². The van der Waals surface area contributed by atoms with Gasteiger partial charge in [0.1, 0.15) is 0 Å². The van der Waals surface area contributed by atoms with Gasteiger partial charge >= 0.3 is 0 Å². The number of rotatable bonds is 5. The summed E-state index contributed by atoms with van der Waals surface area (Å²) in [6.07, 6.45) is 4.62. The molecule has 4 heterocycles. The molecule has 0 amide bonds. The topological polar surface area (TPSA) is 70.1 Å². The minimum Gasteiger partial charge on any atom is -0.369 e. The van der Waals surface area contributed by atoms with Crippen molar-refractivity contribution in [3.63, 3.8) is 0 Å². The van der Waals surface area contributed by atoms with Gasteiger partial charge in [-0.1, -0.05) is 6.92 Å². The number of aryl methyl sites for hydroxylation is 1. The van der Waals surface area contributed by atoms with Gasteiger partial charge in [0.05, 0.1) is 22.7 Å². The molecule has 1 aliphatic heterocycles. The first kappa shape index (κ1) is 20.7. The smallest absolute Gasteiger partial charge is 0.251 e. The molecule has 0 saturated carbocycles. The lowest BCUT2D eigenvalue weighted by molar-refractivity contribution is 0.250. The fraction of sp³-hybridized carbons (Fsp3) is 0.400. The van der Waals surface area contributed by atoms with E-state index in [0.29, 0.717) is 12.5 Å². The van der Waals surface area contributed by atoms with Gasteiger partial charge in [0.15, 0.2) is 0 Å². The predicted molar refractivity (Wildman–Crippen MR) is 129 cm³/mol. The van der Waals surface area contributed by atoms with Crippen LogP contribution in [-0.4, -0.2) is 50.8 Å². The van der Waals surface area contributed by atoms with Crippen LogP contribution in [0.3, 0.4) is 0 Å². The molecule has 1 saturated heterocycles. The molecule has 0 aliphatic carbocycles. The summed E-state index contributed by atoms with van der Waals surface area (Å²) in [5.74, 6) is 0. The minimum atomic E-state index is -0.0107. The van der Waals surface area contributed by atoms with Gasteiger partial charge in [-0.25, -0.2) is 0 Å². The third-order valence-electron chi connectivity index (χ3n) is 6.42. The quantitative estimate of drug-likeness (QED) is 0.522. The highest BCUT2D eigenvalue weighted by molar-refractivity contribution is 5.83. The Balaban J connectivity index is 1.26. The van der Waals surface area contributed by atoms with Crippen LogP contribution < -0.4 is 10.5 Å². The Bertz CT molecular complexity index is 1310. The van der Waals surface area contributed by atoms with Crippen LogP contribution >= 0.6 is 0 Å². The maximum absolute atomic E-state index is 12.1. The second kappa shape index (κ2) is 8.39. The molecule has 0 atom stereocenters. The second-order valence-corrected chi connectivity index (χ2v) is 8.94. The van der Waals surface area contributed by atoms with Crippen LogP contribution in [0.15, 0.2) is 47.5 Å². The van der Waals surface area contributed by atoms with Crippen LogP contribution in [0.25, 0.3) is 21.9 Å². The molecule has 0 spiro atoms. The number of hydrogen-bond acceptors (Lipinski definition) is 5. The summed E-state index contributed by atoms with van der Waals surface area (Å²) in [5.41, 5.74) is 6.03. The predicted octanol–water partition coefficient (Wildman–Crippen LogP) is 3.74. The minimum absolute atomic E-state index is 0.0107. The van der Waals surface area contributed by atoms with Gasteiger partial charge in [0.2, 0.25) is 0 Å². The highest BCUT2D eigenvalue weighted by Crippen LogP contribution is 2.25. The molecule has 1 aromatic carbocycles. The summed E-state index contributed by atoms with van der Waals surface area (Å²) in [7, 11) is 0. The molecule has 1 aliphatic rings. The van der Waals surface area contributed by atoms with Crippen molar-refractivity contribution in [2.45, 2.75) is 39.8 Å². The number of pyridine rings is 2. The van der Waals surface area contributed by atoms with Crippen LogP contribution in [-0.2, 0) is 13.0 Å². The number of aromatic amines is 1. The molecule has 0 unspecified atom stereocenters. The summed E-state index contributed by atoms with van der Waals surface area (Å²) in [5, 5.41) is 5.73. The van der Waals surface area contributed by atoms with Crippen molar-refractivity contribution in [2.24, 2.45) is 0 Å². The zero-order valence-electron chi connectivity index (χ0n) is 19.0.